The van der Waals surface area contributed by atoms with Gasteiger partial charge in [0.25, 0.3) is 0 Å². The smallest absolute Gasteiger partial charge is 0.410 e. The molecule has 0 aliphatic carbocycles. The Morgan fingerprint density at radius 3 is 2.45 bits per heavy atom. The van der Waals surface area contributed by atoms with Crippen molar-refractivity contribution in [3.8, 4) is 5.88 Å². The molecule has 0 bridgehead atoms. The number of carbonyl (C=O) groups excluding carboxylic acids is 1. The predicted octanol–water partition coefficient (Wildman–Crippen LogP) is 3.39. The molecule has 2 heterocycles. The summed E-state index contributed by atoms with van der Waals surface area (Å²) >= 11 is 0. The first kappa shape index (κ1) is 28.9. The van der Waals surface area contributed by atoms with Crippen LogP contribution in [0.25, 0.3) is 10.9 Å². The van der Waals surface area contributed by atoms with Crippen molar-refractivity contribution < 1.29 is 33.0 Å². The Kier molecular flexibility index (Phi) is 8.08. The van der Waals surface area contributed by atoms with E-state index in [0.717, 1.165) is 15.4 Å². The van der Waals surface area contributed by atoms with Crippen LogP contribution in [0.3, 0.4) is 0 Å². The van der Waals surface area contributed by atoms with Crippen molar-refractivity contribution in [1.82, 2.24) is 14.2 Å². The molecule has 0 radical (unpaired) electrons. The Labute approximate surface area is 232 Å². The molecule has 0 spiro atoms. The van der Waals surface area contributed by atoms with Gasteiger partial charge in [0, 0.05) is 50.5 Å². The number of piperazine rings is 1. The number of ether oxygens (including phenoxy) is 1. The third-order valence-electron chi connectivity index (χ3n) is 6.32. The molecule has 3 N–H and O–H groups in total. The minimum absolute atomic E-state index is 0.0939. The number of rotatable bonds is 7. The highest BCUT2D eigenvalue weighted by molar-refractivity contribution is 7.89. The first-order valence-corrected chi connectivity index (χ1v) is 14.1. The summed E-state index contributed by atoms with van der Waals surface area (Å²) in [6.07, 6.45) is 1.11. The second-order valence-corrected chi connectivity index (χ2v) is 12.5. The average molecular weight is 572 g/mol. The molecule has 1 fully saturated rings. The van der Waals surface area contributed by atoms with Gasteiger partial charge < -0.3 is 29.7 Å². The lowest BCUT2D eigenvalue weighted by Crippen LogP contribution is -2.50. The number of sulfonamides is 1. The Morgan fingerprint density at radius 2 is 1.80 bits per heavy atom. The number of carboxylic acids is 1. The summed E-state index contributed by atoms with van der Waals surface area (Å²) in [6.45, 7) is 6.89. The van der Waals surface area contributed by atoms with E-state index in [4.69, 9.17) is 9.84 Å². The number of aliphatic carboxylic acids is 1. The van der Waals surface area contributed by atoms with E-state index < -0.39 is 28.1 Å². The van der Waals surface area contributed by atoms with Crippen LogP contribution in [0.5, 0.6) is 5.88 Å². The second-order valence-electron chi connectivity index (χ2n) is 10.5. The Balaban J connectivity index is 1.59. The molecule has 1 aliphatic heterocycles. The summed E-state index contributed by atoms with van der Waals surface area (Å²) in [5.41, 5.74) is 1.71. The number of fused-ring (bicyclic) bond motifs is 1. The third-order valence-corrected chi connectivity index (χ3v) is 8.12. The van der Waals surface area contributed by atoms with Crippen LogP contribution in [-0.2, 0) is 19.6 Å². The maximum absolute atomic E-state index is 12.8. The molecule has 1 saturated heterocycles. The zero-order valence-electron chi connectivity index (χ0n) is 22.8. The molecular formula is C27H33N5O7S. The van der Waals surface area contributed by atoms with Gasteiger partial charge >= 0.3 is 12.1 Å². The second kappa shape index (κ2) is 11.2. The predicted molar refractivity (Wildman–Crippen MR) is 151 cm³/mol. The number of nitrogens with zero attached hydrogens (tertiary/aromatic N) is 4. The zero-order chi connectivity index (χ0) is 29.2. The summed E-state index contributed by atoms with van der Waals surface area (Å²) in [4.78, 5) is 34.5. The van der Waals surface area contributed by atoms with Crippen LogP contribution < -0.4 is 4.90 Å². The topological polar surface area (TPSA) is 156 Å². The fraction of sp³-hybridized carbons (Fsp3) is 0.370. The normalized spacial score (nSPS) is 14.8. The highest BCUT2D eigenvalue weighted by Gasteiger charge is 2.27. The number of benzene rings is 2. The summed E-state index contributed by atoms with van der Waals surface area (Å²) in [7, 11) is -2.84. The minimum atomic E-state index is -4.03. The number of aromatic amines is 1. The lowest BCUT2D eigenvalue weighted by molar-refractivity contribution is -0.137. The number of H-pyrrole nitrogens is 1. The Hall–Kier alpha value is -4.10. The molecular weight excluding hydrogens is 538 g/mol. The molecule has 0 saturated carbocycles. The molecule has 4 rings (SSSR count). The van der Waals surface area contributed by atoms with Gasteiger partial charge in [-0.2, -0.15) is 4.31 Å². The summed E-state index contributed by atoms with van der Waals surface area (Å²) in [6, 6.07) is 11.5. The molecule has 0 unspecified atom stereocenters. The van der Waals surface area contributed by atoms with E-state index in [1.165, 1.54) is 31.5 Å². The number of carboxylic acid groups (broad SMARTS) is 1. The monoisotopic (exact) mass is 571 g/mol. The van der Waals surface area contributed by atoms with Crippen LogP contribution in [0, 0.1) is 0 Å². The molecule has 0 atom stereocenters. The number of hydrogen-bond acceptors (Lipinski definition) is 8. The Bertz CT molecular complexity index is 1550. The van der Waals surface area contributed by atoms with Gasteiger partial charge in [-0.3, -0.25) is 9.79 Å². The van der Waals surface area contributed by atoms with Crippen molar-refractivity contribution in [3.63, 3.8) is 0 Å². The number of amides is 1. The molecule has 13 heteroatoms. The number of aliphatic imine (C=N–C) groups is 1. The number of carbonyl (C=O) groups is 2. The van der Waals surface area contributed by atoms with Crippen molar-refractivity contribution in [3.05, 3.63) is 48.0 Å². The van der Waals surface area contributed by atoms with Crippen LogP contribution >= 0.6 is 0 Å². The van der Waals surface area contributed by atoms with E-state index in [9.17, 15) is 23.1 Å². The maximum Gasteiger partial charge on any atom is 0.410 e. The fourth-order valence-electron chi connectivity index (χ4n) is 4.41. The van der Waals surface area contributed by atoms with E-state index in [1.807, 2.05) is 39.0 Å². The number of nitrogens with one attached hydrogen (secondary N) is 1. The van der Waals surface area contributed by atoms with Crippen LogP contribution in [-0.4, -0.2) is 96.5 Å². The molecule has 1 amide bonds. The first-order chi connectivity index (χ1) is 18.8. The summed E-state index contributed by atoms with van der Waals surface area (Å²) in [5.74, 6) is -1.36. The van der Waals surface area contributed by atoms with E-state index in [-0.39, 0.29) is 16.9 Å². The van der Waals surface area contributed by atoms with Crippen molar-refractivity contribution in [2.75, 3.05) is 44.7 Å². The number of anilines is 1. The Morgan fingerprint density at radius 1 is 1.12 bits per heavy atom. The lowest BCUT2D eigenvalue weighted by atomic mass is 10.1. The molecule has 1 aliphatic rings. The first-order valence-electron chi connectivity index (χ1n) is 12.6. The van der Waals surface area contributed by atoms with E-state index in [1.54, 1.807) is 11.0 Å². The van der Waals surface area contributed by atoms with Crippen molar-refractivity contribution >= 4 is 50.6 Å². The van der Waals surface area contributed by atoms with Gasteiger partial charge in [0.2, 0.25) is 10.0 Å². The summed E-state index contributed by atoms with van der Waals surface area (Å²) < 4.78 is 31.8. The number of aromatic hydroxyl groups is 1. The van der Waals surface area contributed by atoms with Crippen molar-refractivity contribution in [2.24, 2.45) is 4.99 Å². The molecule has 40 heavy (non-hydrogen) atoms. The van der Waals surface area contributed by atoms with E-state index >= 15 is 0 Å². The van der Waals surface area contributed by atoms with Crippen LogP contribution in [0.2, 0.25) is 0 Å². The van der Waals surface area contributed by atoms with Crippen LogP contribution in [0.15, 0.2) is 52.4 Å². The molecule has 12 nitrogen and oxygen atoms in total. The van der Waals surface area contributed by atoms with Crippen molar-refractivity contribution in [2.45, 2.75) is 31.3 Å². The maximum atomic E-state index is 12.8. The zero-order valence-corrected chi connectivity index (χ0v) is 23.6. The van der Waals surface area contributed by atoms with Crippen molar-refractivity contribution in [1.29, 1.82) is 0 Å². The largest absolute Gasteiger partial charge is 0.494 e. The van der Waals surface area contributed by atoms with E-state index in [2.05, 4.69) is 14.9 Å². The molecule has 2 aromatic carbocycles. The average Bonchev–Trinajstić information content (AvgIpc) is 3.21. The highest BCUT2D eigenvalue weighted by atomic mass is 32.2. The van der Waals surface area contributed by atoms with Gasteiger partial charge in [-0.1, -0.05) is 12.1 Å². The van der Waals surface area contributed by atoms with Gasteiger partial charge in [-0.15, -0.1) is 0 Å². The third kappa shape index (κ3) is 6.37. The van der Waals surface area contributed by atoms with Gasteiger partial charge in [0.05, 0.1) is 21.7 Å². The van der Waals surface area contributed by atoms with Gasteiger partial charge in [-0.05, 0) is 51.1 Å². The molecule has 1 aromatic heterocycles. The summed E-state index contributed by atoms with van der Waals surface area (Å²) in [5, 5.41) is 20.4. The fourth-order valence-corrected chi connectivity index (χ4v) is 5.57. The molecule has 214 valence electrons. The minimum Gasteiger partial charge on any atom is -0.494 e. The molecule has 3 aromatic rings. The SMILES string of the molecule is CN(CC(=O)O)S(=O)(=O)c1cccc(N=Cc2c(O)[nH]c3cccc(N4CCN(C(=O)OC(C)(C)C)CC4)c23)c1. The van der Waals surface area contributed by atoms with Gasteiger partial charge in [0.15, 0.2) is 5.88 Å². The quantitative estimate of drug-likeness (QED) is 0.365. The van der Waals surface area contributed by atoms with E-state index in [0.29, 0.717) is 42.9 Å². The van der Waals surface area contributed by atoms with Crippen LogP contribution in [0.4, 0.5) is 16.2 Å². The number of aromatic nitrogens is 1. The standard InChI is InChI=1S/C27H33N5O7S/c1-27(2,3)39-26(36)32-13-11-31(12-14-32)22-10-6-9-21-24(22)20(25(35)29-21)16-28-18-7-5-8-19(15-18)40(37,38)30(4)17-23(33)34/h5-10,15-16,29,35H,11-14,17H2,1-4H3,(H,33,34). The number of hydrogen-bond donors (Lipinski definition) is 3. The number of likely N-dealkylation sites (N-methyl/N-ethyl adjacent to an activating group) is 1. The highest BCUT2D eigenvalue weighted by Crippen LogP contribution is 2.35. The van der Waals surface area contributed by atoms with Gasteiger partial charge in [-0.25, -0.2) is 13.2 Å². The van der Waals surface area contributed by atoms with Crippen LogP contribution in [0.1, 0.15) is 26.3 Å². The lowest BCUT2D eigenvalue weighted by Gasteiger charge is -2.37. The van der Waals surface area contributed by atoms with Gasteiger partial charge in [0.1, 0.15) is 12.1 Å².